The number of Topliss-reactive ketones (excluding diaryl/α,β-unsaturated/α-hetero) is 1. The Morgan fingerprint density at radius 1 is 1.20 bits per heavy atom. The summed E-state index contributed by atoms with van der Waals surface area (Å²) in [5.74, 6) is 2.99. The van der Waals surface area contributed by atoms with Gasteiger partial charge < -0.3 is 14.4 Å². The molecule has 2 heterocycles. The molecule has 20 heavy (non-hydrogen) atoms. The van der Waals surface area contributed by atoms with Crippen LogP contribution in [-0.2, 0) is 4.79 Å². The summed E-state index contributed by atoms with van der Waals surface area (Å²) >= 11 is 0. The van der Waals surface area contributed by atoms with Crippen LogP contribution in [0.3, 0.4) is 0 Å². The van der Waals surface area contributed by atoms with Crippen LogP contribution in [0.4, 0.5) is 0 Å². The Morgan fingerprint density at radius 3 is 2.60 bits per heavy atom. The predicted octanol–water partition coefficient (Wildman–Crippen LogP) is 2.72. The Morgan fingerprint density at radius 2 is 1.90 bits per heavy atom. The standard InChI is InChI=1S/C9H15NO.C7H6O2.H2/c1-10-5-4-7-2-3-8(11)6-9(7)10;1-2-4-7-6(3-1)8-5-9-7;/h7,9H,2-6H2,1H3;1-4H,5H2;1H. The minimum Gasteiger partial charge on any atom is -0.454 e. The van der Waals surface area contributed by atoms with E-state index in [9.17, 15) is 4.79 Å². The highest BCUT2D eigenvalue weighted by Gasteiger charge is 2.36. The maximum atomic E-state index is 11.1. The van der Waals surface area contributed by atoms with Gasteiger partial charge in [-0.05, 0) is 44.5 Å². The van der Waals surface area contributed by atoms with Gasteiger partial charge >= 0.3 is 0 Å². The number of ether oxygens (including phenoxy) is 2. The van der Waals surface area contributed by atoms with Crippen molar-refractivity contribution < 1.29 is 15.7 Å². The predicted molar refractivity (Wildman–Crippen MR) is 78.1 cm³/mol. The summed E-state index contributed by atoms with van der Waals surface area (Å²) in [5, 5.41) is 0. The average molecular weight is 277 g/mol. The van der Waals surface area contributed by atoms with Crippen molar-refractivity contribution in [2.45, 2.75) is 31.7 Å². The lowest BCUT2D eigenvalue weighted by atomic mass is 9.84. The van der Waals surface area contributed by atoms with Crippen LogP contribution in [-0.4, -0.2) is 37.1 Å². The fourth-order valence-electron chi connectivity index (χ4n) is 3.27. The second-order valence-corrected chi connectivity index (χ2v) is 5.73. The van der Waals surface area contributed by atoms with Gasteiger partial charge in [0.15, 0.2) is 11.5 Å². The van der Waals surface area contributed by atoms with Crippen molar-refractivity contribution in [3.8, 4) is 11.5 Å². The number of ketones is 1. The first-order valence-corrected chi connectivity index (χ1v) is 7.30. The minimum atomic E-state index is 0. The molecule has 2 fully saturated rings. The number of likely N-dealkylation sites (tertiary alicyclic amines) is 1. The fourth-order valence-corrected chi connectivity index (χ4v) is 3.27. The van der Waals surface area contributed by atoms with E-state index >= 15 is 0 Å². The number of carbonyl (C=O) groups is 1. The van der Waals surface area contributed by atoms with Crippen molar-refractivity contribution in [2.24, 2.45) is 5.92 Å². The molecule has 1 saturated heterocycles. The van der Waals surface area contributed by atoms with E-state index in [1.54, 1.807) is 0 Å². The molecular formula is C16H23NO3. The quantitative estimate of drug-likeness (QED) is 0.731. The number of nitrogens with zero attached hydrogens (tertiary/aromatic N) is 1. The smallest absolute Gasteiger partial charge is 0.231 e. The molecule has 110 valence electrons. The molecule has 0 spiro atoms. The third-order valence-electron chi connectivity index (χ3n) is 4.47. The van der Waals surface area contributed by atoms with E-state index in [0.717, 1.165) is 36.7 Å². The topological polar surface area (TPSA) is 38.8 Å². The molecule has 2 atom stereocenters. The van der Waals surface area contributed by atoms with Gasteiger partial charge in [-0.2, -0.15) is 0 Å². The summed E-state index contributed by atoms with van der Waals surface area (Å²) in [6, 6.07) is 8.22. The highest BCUT2D eigenvalue weighted by atomic mass is 16.7. The van der Waals surface area contributed by atoms with E-state index in [2.05, 4.69) is 11.9 Å². The first-order chi connectivity index (χ1) is 9.74. The van der Waals surface area contributed by atoms with Crippen LogP contribution in [0.15, 0.2) is 24.3 Å². The maximum absolute atomic E-state index is 11.1. The zero-order valence-electron chi connectivity index (χ0n) is 11.9. The molecule has 1 aromatic carbocycles. The molecule has 4 heteroatoms. The van der Waals surface area contributed by atoms with Gasteiger partial charge in [0.05, 0.1) is 0 Å². The number of benzene rings is 1. The van der Waals surface area contributed by atoms with Gasteiger partial charge in [-0.1, -0.05) is 12.1 Å². The molecule has 0 amide bonds. The molecule has 0 radical (unpaired) electrons. The number of hydrogen-bond donors (Lipinski definition) is 0. The lowest BCUT2D eigenvalue weighted by Gasteiger charge is -2.28. The van der Waals surface area contributed by atoms with Gasteiger partial charge in [-0.15, -0.1) is 0 Å². The van der Waals surface area contributed by atoms with Crippen molar-refractivity contribution in [3.05, 3.63) is 24.3 Å². The molecule has 0 bridgehead atoms. The van der Waals surface area contributed by atoms with E-state index in [-0.39, 0.29) is 1.43 Å². The van der Waals surface area contributed by atoms with Gasteiger partial charge in [0.2, 0.25) is 6.79 Å². The van der Waals surface area contributed by atoms with E-state index in [0.29, 0.717) is 18.6 Å². The number of carbonyl (C=O) groups excluding carboxylic acids is 1. The zero-order chi connectivity index (χ0) is 13.9. The van der Waals surface area contributed by atoms with Gasteiger partial charge in [-0.25, -0.2) is 0 Å². The third kappa shape index (κ3) is 2.80. The Labute approximate surface area is 121 Å². The van der Waals surface area contributed by atoms with Gasteiger partial charge in [0.1, 0.15) is 5.78 Å². The molecule has 4 rings (SSSR count). The Balaban J connectivity index is 0.000000149. The molecule has 3 aliphatic rings. The number of para-hydroxylation sites is 2. The molecule has 1 aliphatic carbocycles. The summed E-state index contributed by atoms with van der Waals surface area (Å²) in [6.07, 6.45) is 4.12. The number of fused-ring (bicyclic) bond motifs is 2. The van der Waals surface area contributed by atoms with Gasteiger partial charge in [0, 0.05) is 20.3 Å². The highest BCUT2D eigenvalue weighted by Crippen LogP contribution is 2.33. The minimum absolute atomic E-state index is 0. The van der Waals surface area contributed by atoms with Crippen LogP contribution in [0.25, 0.3) is 0 Å². The van der Waals surface area contributed by atoms with Crippen molar-refractivity contribution in [3.63, 3.8) is 0 Å². The molecule has 2 aliphatic heterocycles. The fraction of sp³-hybridized carbons (Fsp3) is 0.562. The van der Waals surface area contributed by atoms with Crippen LogP contribution in [0.5, 0.6) is 11.5 Å². The van der Waals surface area contributed by atoms with E-state index in [1.165, 1.54) is 13.0 Å². The van der Waals surface area contributed by atoms with Crippen LogP contribution >= 0.6 is 0 Å². The van der Waals surface area contributed by atoms with E-state index < -0.39 is 0 Å². The number of rotatable bonds is 0. The van der Waals surface area contributed by atoms with Gasteiger partial charge in [0.25, 0.3) is 0 Å². The highest BCUT2D eigenvalue weighted by molar-refractivity contribution is 5.80. The second kappa shape index (κ2) is 5.83. The molecule has 0 aromatic heterocycles. The Kier molecular flexibility index (Phi) is 3.92. The van der Waals surface area contributed by atoms with Crippen molar-refractivity contribution in [2.75, 3.05) is 20.4 Å². The van der Waals surface area contributed by atoms with Crippen LogP contribution in [0.2, 0.25) is 0 Å². The van der Waals surface area contributed by atoms with Gasteiger partial charge in [-0.3, -0.25) is 4.79 Å². The summed E-state index contributed by atoms with van der Waals surface area (Å²) in [5.41, 5.74) is 0. The summed E-state index contributed by atoms with van der Waals surface area (Å²) in [4.78, 5) is 13.5. The maximum Gasteiger partial charge on any atom is 0.231 e. The number of hydrogen-bond acceptors (Lipinski definition) is 4. The van der Waals surface area contributed by atoms with Crippen LogP contribution in [0, 0.1) is 5.92 Å². The van der Waals surface area contributed by atoms with Crippen molar-refractivity contribution in [1.82, 2.24) is 4.90 Å². The molecule has 1 saturated carbocycles. The summed E-state index contributed by atoms with van der Waals surface area (Å²) in [7, 11) is 2.14. The van der Waals surface area contributed by atoms with E-state index in [4.69, 9.17) is 9.47 Å². The third-order valence-corrected chi connectivity index (χ3v) is 4.47. The lowest BCUT2D eigenvalue weighted by Crippen LogP contribution is -2.35. The summed E-state index contributed by atoms with van der Waals surface area (Å²) < 4.78 is 10.2. The molecular weight excluding hydrogens is 254 g/mol. The molecule has 2 unspecified atom stereocenters. The van der Waals surface area contributed by atoms with Crippen LogP contribution < -0.4 is 9.47 Å². The van der Waals surface area contributed by atoms with Crippen molar-refractivity contribution >= 4 is 5.78 Å². The lowest BCUT2D eigenvalue weighted by molar-refractivity contribution is -0.122. The molecule has 4 nitrogen and oxygen atoms in total. The largest absolute Gasteiger partial charge is 0.454 e. The summed E-state index contributed by atoms with van der Waals surface area (Å²) in [6.45, 7) is 1.56. The first-order valence-electron chi connectivity index (χ1n) is 7.30. The SMILES string of the molecule is CN1CCC2CCC(=O)CC21.[HH].c1ccc2c(c1)OCO2. The second-order valence-electron chi connectivity index (χ2n) is 5.73. The Hall–Kier alpha value is -1.55. The Bertz CT molecular complexity index is 471. The zero-order valence-corrected chi connectivity index (χ0v) is 11.9. The normalized spacial score (nSPS) is 27.8. The van der Waals surface area contributed by atoms with E-state index in [1.807, 2.05) is 24.3 Å². The molecule has 0 N–H and O–H groups in total. The monoisotopic (exact) mass is 277 g/mol. The average Bonchev–Trinajstić information content (AvgIpc) is 3.07. The van der Waals surface area contributed by atoms with Crippen LogP contribution in [0.1, 0.15) is 27.1 Å². The first kappa shape index (κ1) is 13.4. The molecule has 1 aromatic rings. The van der Waals surface area contributed by atoms with Crippen molar-refractivity contribution in [1.29, 1.82) is 0 Å².